The maximum atomic E-state index is 12.8. The number of halogens is 1. The molecule has 9 nitrogen and oxygen atoms in total. The molecule has 10 heteroatoms. The highest BCUT2D eigenvalue weighted by Crippen LogP contribution is 2.26. The molecular weight excluding hydrogens is 380 g/mol. The second-order valence-corrected chi connectivity index (χ2v) is 6.40. The molecule has 0 radical (unpaired) electrons. The van der Waals surface area contributed by atoms with E-state index in [1.807, 2.05) is 0 Å². The van der Waals surface area contributed by atoms with Crippen LogP contribution in [0.4, 0.5) is 11.6 Å². The van der Waals surface area contributed by atoms with Gasteiger partial charge in [0.2, 0.25) is 0 Å². The monoisotopic (exact) mass is 392 g/mol. The van der Waals surface area contributed by atoms with E-state index in [2.05, 4.69) is 26.6 Å². The van der Waals surface area contributed by atoms with Crippen molar-refractivity contribution < 1.29 is 4.79 Å². The largest absolute Gasteiger partial charge is 0.384 e. The van der Waals surface area contributed by atoms with Crippen LogP contribution in [0.5, 0.6) is 0 Å². The first-order valence-electron chi connectivity index (χ1n) is 8.14. The smallest absolute Gasteiger partial charge is 0.262 e. The molecule has 0 aliphatic heterocycles. The van der Waals surface area contributed by atoms with Crippen molar-refractivity contribution in [2.75, 3.05) is 11.1 Å². The van der Waals surface area contributed by atoms with E-state index in [9.17, 15) is 4.79 Å². The van der Waals surface area contributed by atoms with Crippen LogP contribution in [0.1, 0.15) is 21.6 Å². The summed E-state index contributed by atoms with van der Waals surface area (Å²) in [6, 6.07) is 10.2. The number of benzene rings is 1. The lowest BCUT2D eigenvalue weighted by Gasteiger charge is -2.10. The minimum atomic E-state index is -0.429. The number of nitrogens with zero attached hydrogens (tertiary/aromatic N) is 6. The summed E-state index contributed by atoms with van der Waals surface area (Å²) in [6.45, 7) is 1.78. The summed E-state index contributed by atoms with van der Waals surface area (Å²) in [4.78, 5) is 17.0. The molecule has 0 aliphatic rings. The van der Waals surface area contributed by atoms with E-state index in [0.717, 1.165) is 0 Å². The van der Waals surface area contributed by atoms with Crippen molar-refractivity contribution in [3.8, 4) is 11.8 Å². The molecule has 3 N–H and O–H groups in total. The molecule has 4 rings (SSSR count). The lowest BCUT2D eigenvalue weighted by Crippen LogP contribution is -2.15. The molecule has 3 heterocycles. The lowest BCUT2D eigenvalue weighted by molar-refractivity contribution is 0.102. The van der Waals surface area contributed by atoms with Gasteiger partial charge in [0.1, 0.15) is 17.2 Å². The lowest BCUT2D eigenvalue weighted by atomic mass is 10.2. The van der Waals surface area contributed by atoms with Crippen molar-refractivity contribution in [2.45, 2.75) is 6.92 Å². The number of nitrogens with one attached hydrogen (secondary N) is 1. The third-order valence-corrected chi connectivity index (χ3v) is 4.33. The molecule has 0 saturated heterocycles. The summed E-state index contributed by atoms with van der Waals surface area (Å²) in [7, 11) is 0. The summed E-state index contributed by atoms with van der Waals surface area (Å²) in [5.74, 6) is 0.243. The van der Waals surface area contributed by atoms with Crippen LogP contribution in [0.25, 0.3) is 11.3 Å². The summed E-state index contributed by atoms with van der Waals surface area (Å²) < 4.78 is 2.94. The Balaban J connectivity index is 1.74. The normalized spacial score (nSPS) is 10.8. The highest BCUT2D eigenvalue weighted by atomic mass is 35.5. The third kappa shape index (κ3) is 3.02. The number of anilines is 2. The Bertz CT molecular complexity index is 1270. The Morgan fingerprint density at radius 1 is 1.32 bits per heavy atom. The zero-order chi connectivity index (χ0) is 19.8. The van der Waals surface area contributed by atoms with Crippen LogP contribution >= 0.6 is 11.6 Å². The fraction of sp³-hybridized carbons (Fsp3) is 0.0556. The van der Waals surface area contributed by atoms with Crippen LogP contribution in [-0.2, 0) is 0 Å². The zero-order valence-corrected chi connectivity index (χ0v) is 15.3. The Morgan fingerprint density at radius 3 is 2.93 bits per heavy atom. The molecular formula is C18H13ClN8O. The maximum absolute atomic E-state index is 12.8. The first kappa shape index (κ1) is 17.5. The molecule has 0 saturated carbocycles. The fourth-order valence-electron chi connectivity index (χ4n) is 2.74. The molecule has 1 aromatic carbocycles. The molecule has 138 valence electrons. The molecule has 0 atom stereocenters. The number of fused-ring (bicyclic) bond motifs is 1. The minimum absolute atomic E-state index is 0.259. The van der Waals surface area contributed by atoms with Gasteiger partial charge in [-0.3, -0.25) is 4.79 Å². The SMILES string of the molecule is Cc1cc(NC(=O)c2cnn3ccc(N)nc23)n(-c2cc(C#N)ccc2Cl)n1. The Kier molecular flexibility index (Phi) is 4.18. The molecule has 3 aromatic heterocycles. The van der Waals surface area contributed by atoms with Gasteiger partial charge in [0, 0.05) is 12.3 Å². The van der Waals surface area contributed by atoms with E-state index in [4.69, 9.17) is 22.6 Å². The van der Waals surface area contributed by atoms with Crippen LogP contribution in [0, 0.1) is 18.3 Å². The van der Waals surface area contributed by atoms with Crippen molar-refractivity contribution in [2.24, 2.45) is 0 Å². The van der Waals surface area contributed by atoms with Crippen molar-refractivity contribution in [1.82, 2.24) is 24.4 Å². The number of aromatic nitrogens is 5. The van der Waals surface area contributed by atoms with Gasteiger partial charge in [0.05, 0.1) is 34.2 Å². The maximum Gasteiger partial charge on any atom is 0.262 e. The van der Waals surface area contributed by atoms with E-state index in [1.54, 1.807) is 43.5 Å². The van der Waals surface area contributed by atoms with Crippen LogP contribution in [0.3, 0.4) is 0 Å². The van der Waals surface area contributed by atoms with Gasteiger partial charge in [-0.15, -0.1) is 0 Å². The van der Waals surface area contributed by atoms with Gasteiger partial charge in [-0.1, -0.05) is 11.6 Å². The van der Waals surface area contributed by atoms with E-state index in [0.29, 0.717) is 33.4 Å². The molecule has 0 spiro atoms. The number of nitrogen functional groups attached to an aromatic ring is 1. The predicted molar refractivity (Wildman–Crippen MR) is 103 cm³/mol. The van der Waals surface area contributed by atoms with E-state index < -0.39 is 5.91 Å². The molecule has 0 bridgehead atoms. The second kappa shape index (κ2) is 6.68. The summed E-state index contributed by atoms with van der Waals surface area (Å²) >= 11 is 6.28. The van der Waals surface area contributed by atoms with Gasteiger partial charge in [-0.2, -0.15) is 15.5 Å². The average molecular weight is 393 g/mol. The third-order valence-electron chi connectivity index (χ3n) is 4.01. The molecule has 4 aromatic rings. The number of rotatable bonds is 3. The van der Waals surface area contributed by atoms with Gasteiger partial charge in [-0.05, 0) is 31.2 Å². The van der Waals surface area contributed by atoms with Crippen LogP contribution in [0.15, 0.2) is 42.7 Å². The second-order valence-electron chi connectivity index (χ2n) is 5.99. The van der Waals surface area contributed by atoms with Gasteiger partial charge < -0.3 is 11.1 Å². The summed E-state index contributed by atoms with van der Waals surface area (Å²) in [6.07, 6.45) is 3.03. The van der Waals surface area contributed by atoms with Gasteiger partial charge in [0.25, 0.3) is 5.91 Å². The quantitative estimate of drug-likeness (QED) is 0.551. The number of nitriles is 1. The Morgan fingerprint density at radius 2 is 2.14 bits per heavy atom. The zero-order valence-electron chi connectivity index (χ0n) is 14.6. The molecule has 0 fully saturated rings. The average Bonchev–Trinajstić information content (AvgIpc) is 3.25. The van der Waals surface area contributed by atoms with Crippen molar-refractivity contribution in [1.29, 1.82) is 5.26 Å². The standard InChI is InChI=1S/C18H13ClN8O/c1-10-6-16(27(25-10)14-7-11(8-20)2-3-13(14)19)24-18(28)12-9-22-26-5-4-15(21)23-17(12)26/h2-7,9H,1H3,(H2,21,23)(H,24,28). The van der Waals surface area contributed by atoms with Crippen LogP contribution in [-0.4, -0.2) is 30.3 Å². The Labute approximate surface area is 164 Å². The number of nitrogens with two attached hydrogens (primary N) is 1. The molecule has 28 heavy (non-hydrogen) atoms. The topological polar surface area (TPSA) is 127 Å². The Hall–Kier alpha value is -3.90. The first-order valence-corrected chi connectivity index (χ1v) is 8.52. The summed E-state index contributed by atoms with van der Waals surface area (Å²) in [5, 5.41) is 20.8. The van der Waals surface area contributed by atoms with Gasteiger partial charge in [-0.25, -0.2) is 14.2 Å². The van der Waals surface area contributed by atoms with Crippen molar-refractivity contribution in [3.05, 3.63) is 64.6 Å². The number of carbonyl (C=O) groups excluding carboxylic acids is 1. The van der Waals surface area contributed by atoms with E-state index >= 15 is 0 Å². The number of hydrogen-bond donors (Lipinski definition) is 2. The fourth-order valence-corrected chi connectivity index (χ4v) is 2.94. The number of hydrogen-bond acceptors (Lipinski definition) is 6. The van der Waals surface area contributed by atoms with Crippen molar-refractivity contribution >= 4 is 34.8 Å². The van der Waals surface area contributed by atoms with Gasteiger partial charge in [0.15, 0.2) is 5.65 Å². The number of carbonyl (C=O) groups is 1. The van der Waals surface area contributed by atoms with Crippen LogP contribution < -0.4 is 11.1 Å². The highest BCUT2D eigenvalue weighted by molar-refractivity contribution is 6.32. The molecule has 0 aliphatic carbocycles. The van der Waals surface area contributed by atoms with E-state index in [-0.39, 0.29) is 11.4 Å². The van der Waals surface area contributed by atoms with E-state index in [1.165, 1.54) is 15.4 Å². The number of aryl methyl sites for hydroxylation is 1. The van der Waals surface area contributed by atoms with Crippen molar-refractivity contribution in [3.63, 3.8) is 0 Å². The first-order chi connectivity index (χ1) is 13.5. The predicted octanol–water partition coefficient (Wildman–Crippen LogP) is 2.58. The number of amides is 1. The van der Waals surface area contributed by atoms with Crippen LogP contribution in [0.2, 0.25) is 5.02 Å². The molecule has 0 unspecified atom stereocenters. The minimum Gasteiger partial charge on any atom is -0.384 e. The van der Waals surface area contributed by atoms with Gasteiger partial charge >= 0.3 is 0 Å². The molecule has 1 amide bonds. The summed E-state index contributed by atoms with van der Waals surface area (Å²) in [5.41, 5.74) is 7.87. The highest BCUT2D eigenvalue weighted by Gasteiger charge is 2.18.